The van der Waals surface area contributed by atoms with Gasteiger partial charge in [-0.05, 0) is 60.3 Å². The van der Waals surface area contributed by atoms with Gasteiger partial charge in [-0.25, -0.2) is 0 Å². The van der Waals surface area contributed by atoms with Crippen LogP contribution >= 0.6 is 27.3 Å². The number of rotatable bonds is 4. The Hall–Kier alpha value is -0.390. The van der Waals surface area contributed by atoms with Gasteiger partial charge in [0.25, 0.3) is 5.91 Å². The molecule has 1 saturated heterocycles. The van der Waals surface area contributed by atoms with Gasteiger partial charge in [-0.1, -0.05) is 6.92 Å². The van der Waals surface area contributed by atoms with Gasteiger partial charge in [0.2, 0.25) is 0 Å². The van der Waals surface area contributed by atoms with Crippen LogP contribution in [-0.4, -0.2) is 48.4 Å². The second-order valence-electron chi connectivity index (χ2n) is 5.56. The fraction of sp³-hybridized carbons (Fsp3) is 0.667. The molecule has 0 saturated carbocycles. The second-order valence-corrected chi connectivity index (χ2v) is 7.93. The third kappa shape index (κ3) is 3.62. The van der Waals surface area contributed by atoms with Gasteiger partial charge in [0.15, 0.2) is 0 Å². The van der Waals surface area contributed by atoms with Gasteiger partial charge < -0.3 is 9.80 Å². The van der Waals surface area contributed by atoms with Crippen LogP contribution in [0.5, 0.6) is 0 Å². The summed E-state index contributed by atoms with van der Waals surface area (Å²) < 4.78 is 1.06. The van der Waals surface area contributed by atoms with Crippen molar-refractivity contribution in [2.45, 2.75) is 39.2 Å². The standard InChI is InChI=1S/C15H23BrN2OS/c1-4-7-18-8-5-12(6-9-18)17(3)15(19)13-10-11(2)14(16)20-13/h10,12H,4-9H2,1-3H3. The predicted octanol–water partition coefficient (Wildman–Crippen LogP) is 3.77. The molecular formula is C15H23BrN2OS. The fourth-order valence-electron chi connectivity index (χ4n) is 2.75. The number of nitrogens with zero attached hydrogens (tertiary/aromatic N) is 2. The Labute approximate surface area is 134 Å². The largest absolute Gasteiger partial charge is 0.338 e. The van der Waals surface area contributed by atoms with Crippen molar-refractivity contribution in [2.75, 3.05) is 26.7 Å². The third-order valence-electron chi connectivity index (χ3n) is 4.03. The Morgan fingerprint density at radius 2 is 2.15 bits per heavy atom. The summed E-state index contributed by atoms with van der Waals surface area (Å²) in [6.07, 6.45) is 3.39. The van der Waals surface area contributed by atoms with Crippen molar-refractivity contribution in [3.05, 3.63) is 20.3 Å². The number of carbonyl (C=O) groups is 1. The molecule has 1 amide bonds. The van der Waals surface area contributed by atoms with Gasteiger partial charge in [-0.3, -0.25) is 4.79 Å². The van der Waals surface area contributed by atoms with E-state index in [1.807, 2.05) is 24.9 Å². The molecule has 20 heavy (non-hydrogen) atoms. The molecule has 0 N–H and O–H groups in total. The van der Waals surface area contributed by atoms with Crippen molar-refractivity contribution in [2.24, 2.45) is 0 Å². The van der Waals surface area contributed by atoms with Crippen LogP contribution in [0.25, 0.3) is 0 Å². The Morgan fingerprint density at radius 1 is 1.50 bits per heavy atom. The smallest absolute Gasteiger partial charge is 0.263 e. The fourth-order valence-corrected chi connectivity index (χ4v) is 4.27. The maximum atomic E-state index is 12.5. The molecule has 1 fully saturated rings. The highest BCUT2D eigenvalue weighted by atomic mass is 79.9. The van der Waals surface area contributed by atoms with Crippen molar-refractivity contribution in [3.8, 4) is 0 Å². The molecule has 0 spiro atoms. The molecule has 1 aliphatic heterocycles. The maximum Gasteiger partial charge on any atom is 0.263 e. The first kappa shape index (κ1) is 16.0. The molecule has 2 rings (SSSR count). The van der Waals surface area contributed by atoms with E-state index < -0.39 is 0 Å². The van der Waals surface area contributed by atoms with E-state index in [9.17, 15) is 4.79 Å². The highest BCUT2D eigenvalue weighted by molar-refractivity contribution is 9.11. The van der Waals surface area contributed by atoms with Gasteiger partial charge in [0.1, 0.15) is 0 Å². The van der Waals surface area contributed by atoms with Crippen LogP contribution in [0.15, 0.2) is 9.85 Å². The topological polar surface area (TPSA) is 23.6 Å². The number of piperidine rings is 1. The molecule has 0 aliphatic carbocycles. The van der Waals surface area contributed by atoms with Gasteiger partial charge in [-0.15, -0.1) is 11.3 Å². The molecule has 112 valence electrons. The molecule has 5 heteroatoms. The lowest BCUT2D eigenvalue weighted by atomic mass is 10.0. The van der Waals surface area contributed by atoms with Crippen molar-refractivity contribution in [3.63, 3.8) is 0 Å². The molecular weight excluding hydrogens is 336 g/mol. The number of likely N-dealkylation sites (tertiary alicyclic amines) is 1. The predicted molar refractivity (Wildman–Crippen MR) is 88.6 cm³/mol. The lowest BCUT2D eigenvalue weighted by molar-refractivity contribution is 0.0647. The average molecular weight is 359 g/mol. The van der Waals surface area contributed by atoms with Crippen LogP contribution in [-0.2, 0) is 0 Å². The van der Waals surface area contributed by atoms with Crippen LogP contribution in [0.4, 0.5) is 0 Å². The van der Waals surface area contributed by atoms with E-state index in [2.05, 4.69) is 27.8 Å². The highest BCUT2D eigenvalue weighted by Gasteiger charge is 2.26. The summed E-state index contributed by atoms with van der Waals surface area (Å²) in [4.78, 5) is 17.8. The molecule has 0 atom stereocenters. The van der Waals surface area contributed by atoms with Crippen LogP contribution in [0.2, 0.25) is 0 Å². The number of aryl methyl sites for hydroxylation is 1. The van der Waals surface area contributed by atoms with Crippen molar-refractivity contribution >= 4 is 33.2 Å². The summed E-state index contributed by atoms with van der Waals surface area (Å²) >= 11 is 5.03. The van der Waals surface area contributed by atoms with E-state index in [-0.39, 0.29) is 5.91 Å². The number of thiophene rings is 1. The molecule has 0 bridgehead atoms. The average Bonchev–Trinajstić information content (AvgIpc) is 2.78. The zero-order chi connectivity index (χ0) is 14.7. The minimum Gasteiger partial charge on any atom is -0.338 e. The first-order chi connectivity index (χ1) is 9.52. The number of halogens is 1. The molecule has 1 aromatic rings. The zero-order valence-electron chi connectivity index (χ0n) is 12.5. The van der Waals surface area contributed by atoms with Crippen LogP contribution < -0.4 is 0 Å². The molecule has 2 heterocycles. The second kappa shape index (κ2) is 7.05. The van der Waals surface area contributed by atoms with E-state index in [1.54, 1.807) is 0 Å². The molecule has 1 aliphatic rings. The lowest BCUT2D eigenvalue weighted by Gasteiger charge is -2.36. The minimum atomic E-state index is 0.165. The monoisotopic (exact) mass is 358 g/mol. The van der Waals surface area contributed by atoms with Crippen molar-refractivity contribution in [1.29, 1.82) is 0 Å². The summed E-state index contributed by atoms with van der Waals surface area (Å²) in [6, 6.07) is 2.37. The Balaban J connectivity index is 1.94. The number of amides is 1. The quantitative estimate of drug-likeness (QED) is 0.817. The van der Waals surface area contributed by atoms with Crippen LogP contribution in [0.3, 0.4) is 0 Å². The molecule has 0 radical (unpaired) electrons. The summed E-state index contributed by atoms with van der Waals surface area (Å²) in [5.74, 6) is 0.165. The summed E-state index contributed by atoms with van der Waals surface area (Å²) in [6.45, 7) is 7.66. The van der Waals surface area contributed by atoms with Gasteiger partial charge in [-0.2, -0.15) is 0 Å². The third-order valence-corrected chi connectivity index (χ3v) is 6.16. The molecule has 3 nitrogen and oxygen atoms in total. The normalized spacial score (nSPS) is 17.4. The lowest BCUT2D eigenvalue weighted by Crippen LogP contribution is -2.45. The van der Waals surface area contributed by atoms with E-state index in [0.29, 0.717) is 6.04 Å². The van der Waals surface area contributed by atoms with Crippen LogP contribution in [0.1, 0.15) is 41.4 Å². The van der Waals surface area contributed by atoms with Gasteiger partial charge in [0, 0.05) is 26.2 Å². The van der Waals surface area contributed by atoms with Crippen LogP contribution in [0, 0.1) is 6.92 Å². The Bertz CT molecular complexity index is 447. The minimum absolute atomic E-state index is 0.165. The Morgan fingerprint density at radius 3 is 2.65 bits per heavy atom. The molecule has 0 aromatic carbocycles. The van der Waals surface area contributed by atoms with E-state index in [4.69, 9.17) is 0 Å². The zero-order valence-corrected chi connectivity index (χ0v) is 14.9. The highest BCUT2D eigenvalue weighted by Crippen LogP contribution is 2.29. The Kier molecular flexibility index (Phi) is 5.64. The van der Waals surface area contributed by atoms with E-state index >= 15 is 0 Å². The van der Waals surface area contributed by atoms with Crippen molar-refractivity contribution < 1.29 is 4.79 Å². The molecule has 0 unspecified atom stereocenters. The van der Waals surface area contributed by atoms with Gasteiger partial charge in [0.05, 0.1) is 8.66 Å². The summed E-state index contributed by atoms with van der Waals surface area (Å²) in [7, 11) is 1.95. The number of hydrogen-bond acceptors (Lipinski definition) is 3. The number of hydrogen-bond donors (Lipinski definition) is 0. The summed E-state index contributed by atoms with van der Waals surface area (Å²) in [5.41, 5.74) is 1.14. The van der Waals surface area contributed by atoms with Crippen molar-refractivity contribution in [1.82, 2.24) is 9.80 Å². The summed E-state index contributed by atoms with van der Waals surface area (Å²) in [5, 5.41) is 0. The first-order valence-electron chi connectivity index (χ1n) is 7.28. The van der Waals surface area contributed by atoms with Gasteiger partial charge >= 0.3 is 0 Å². The van der Waals surface area contributed by atoms with E-state index in [1.165, 1.54) is 24.3 Å². The number of carbonyl (C=O) groups excluding carboxylic acids is 1. The molecule has 1 aromatic heterocycles. The van der Waals surface area contributed by atoms with E-state index in [0.717, 1.165) is 40.2 Å². The first-order valence-corrected chi connectivity index (χ1v) is 8.89. The SMILES string of the molecule is CCCN1CCC(N(C)C(=O)c2cc(C)c(Br)s2)CC1. The maximum absolute atomic E-state index is 12.5.